The first-order chi connectivity index (χ1) is 10.2. The van der Waals surface area contributed by atoms with Crippen LogP contribution in [0.4, 0.5) is 5.69 Å². The molecule has 0 amide bonds. The summed E-state index contributed by atoms with van der Waals surface area (Å²) in [6.07, 6.45) is 4.99. The highest BCUT2D eigenvalue weighted by atomic mass is 32.2. The summed E-state index contributed by atoms with van der Waals surface area (Å²) in [5.74, 6) is 0. The van der Waals surface area contributed by atoms with Crippen LogP contribution in [0.2, 0.25) is 0 Å². The molecule has 1 heterocycles. The number of hydrogen-bond acceptors (Lipinski definition) is 5. The molecule has 1 N–H and O–H groups in total. The minimum absolute atomic E-state index is 0.0776. The van der Waals surface area contributed by atoms with Gasteiger partial charge in [0.15, 0.2) is 0 Å². The van der Waals surface area contributed by atoms with Crippen molar-refractivity contribution in [2.75, 3.05) is 11.6 Å². The number of benzene rings is 1. The van der Waals surface area contributed by atoms with Crippen LogP contribution in [0.1, 0.15) is 11.1 Å². The first-order valence-electron chi connectivity index (χ1n) is 6.19. The third-order valence-corrected chi connectivity index (χ3v) is 3.60. The zero-order chi connectivity index (χ0) is 15.2. The van der Waals surface area contributed by atoms with Crippen molar-refractivity contribution < 1.29 is 0 Å². The van der Waals surface area contributed by atoms with Crippen LogP contribution in [-0.4, -0.2) is 15.8 Å². The van der Waals surface area contributed by atoms with E-state index in [2.05, 4.69) is 16.9 Å². The molecule has 0 spiro atoms. The lowest BCUT2D eigenvalue weighted by atomic mass is 10.2. The molecule has 5 nitrogen and oxygen atoms in total. The van der Waals surface area contributed by atoms with E-state index >= 15 is 0 Å². The summed E-state index contributed by atoms with van der Waals surface area (Å²) in [6, 6.07) is 9.56. The Hall–Kier alpha value is -2.52. The first-order valence-corrected chi connectivity index (χ1v) is 7.42. The summed E-state index contributed by atoms with van der Waals surface area (Å²) < 4.78 is 1.37. The average molecular weight is 298 g/mol. The Balaban J connectivity index is 2.18. The molecule has 0 aliphatic carbocycles. The van der Waals surface area contributed by atoms with E-state index in [-0.39, 0.29) is 17.8 Å². The Bertz CT molecular complexity index is 744. The fraction of sp³-hybridized carbons (Fsp3) is 0.133. The summed E-state index contributed by atoms with van der Waals surface area (Å²) in [7, 11) is 0. The number of nitriles is 1. The van der Waals surface area contributed by atoms with E-state index in [1.807, 2.05) is 30.3 Å². The molecule has 0 unspecified atom stereocenters. The molecule has 0 saturated carbocycles. The Morgan fingerprint density at radius 3 is 2.76 bits per heavy atom. The van der Waals surface area contributed by atoms with Crippen LogP contribution in [0.5, 0.6) is 0 Å². The second-order valence-corrected chi connectivity index (χ2v) is 4.97. The predicted octanol–water partition coefficient (Wildman–Crippen LogP) is 2.55. The van der Waals surface area contributed by atoms with E-state index in [0.29, 0.717) is 5.03 Å². The fourth-order valence-corrected chi connectivity index (χ4v) is 2.24. The summed E-state index contributed by atoms with van der Waals surface area (Å²) in [5, 5.41) is 12.6. The number of aromatic nitrogens is 2. The van der Waals surface area contributed by atoms with Gasteiger partial charge in [-0.1, -0.05) is 24.8 Å². The molecule has 0 fully saturated rings. The van der Waals surface area contributed by atoms with Gasteiger partial charge in [-0.05, 0) is 24.0 Å². The van der Waals surface area contributed by atoms with Crippen LogP contribution in [-0.2, 0) is 6.67 Å². The van der Waals surface area contributed by atoms with Crippen LogP contribution in [0.15, 0.2) is 47.0 Å². The van der Waals surface area contributed by atoms with Crippen molar-refractivity contribution in [3.63, 3.8) is 0 Å². The quantitative estimate of drug-likeness (QED) is 0.678. The third-order valence-electron chi connectivity index (χ3n) is 2.91. The Labute approximate surface area is 126 Å². The number of nitrogens with one attached hydrogen (secondary N) is 1. The Morgan fingerprint density at radius 1 is 1.48 bits per heavy atom. The number of nitrogens with zero attached hydrogens (tertiary/aromatic N) is 3. The highest BCUT2D eigenvalue weighted by Crippen LogP contribution is 2.13. The molecular formula is C15H14N4OS. The van der Waals surface area contributed by atoms with Gasteiger partial charge in [0.2, 0.25) is 0 Å². The molecule has 0 aliphatic heterocycles. The number of thioether (sulfide) groups is 1. The van der Waals surface area contributed by atoms with Crippen LogP contribution < -0.4 is 10.9 Å². The maximum atomic E-state index is 12.1. The van der Waals surface area contributed by atoms with Gasteiger partial charge >= 0.3 is 0 Å². The molecule has 106 valence electrons. The SMILES string of the molecule is C=Cc1ccc(NCn2cnc(SC)c(C#N)c2=O)cc1. The minimum atomic E-state index is -0.341. The van der Waals surface area contributed by atoms with Crippen LogP contribution in [0.3, 0.4) is 0 Å². The van der Waals surface area contributed by atoms with Gasteiger partial charge in [0.25, 0.3) is 5.56 Å². The van der Waals surface area contributed by atoms with Crippen molar-refractivity contribution in [1.82, 2.24) is 9.55 Å². The molecule has 0 bridgehead atoms. The lowest BCUT2D eigenvalue weighted by Gasteiger charge is -2.10. The highest BCUT2D eigenvalue weighted by Gasteiger charge is 2.10. The fourth-order valence-electron chi connectivity index (χ4n) is 1.75. The molecule has 1 aromatic carbocycles. The maximum Gasteiger partial charge on any atom is 0.273 e. The van der Waals surface area contributed by atoms with Crippen LogP contribution >= 0.6 is 11.8 Å². The monoisotopic (exact) mass is 298 g/mol. The van der Waals surface area contributed by atoms with E-state index in [0.717, 1.165) is 11.3 Å². The standard InChI is InChI=1S/C15H14N4OS/c1-3-11-4-6-12(7-5-11)17-9-19-10-18-14(21-2)13(8-16)15(19)20/h3-7,10,17H,1,9H2,2H3. The van der Waals surface area contributed by atoms with E-state index in [1.165, 1.54) is 22.7 Å². The van der Waals surface area contributed by atoms with Crippen molar-refractivity contribution in [1.29, 1.82) is 5.26 Å². The highest BCUT2D eigenvalue weighted by molar-refractivity contribution is 7.98. The van der Waals surface area contributed by atoms with E-state index in [9.17, 15) is 4.79 Å². The third kappa shape index (κ3) is 3.33. The number of anilines is 1. The molecule has 0 radical (unpaired) electrons. The second kappa shape index (κ2) is 6.77. The van der Waals surface area contributed by atoms with E-state index in [4.69, 9.17) is 5.26 Å². The van der Waals surface area contributed by atoms with Crippen molar-refractivity contribution in [2.45, 2.75) is 11.7 Å². The van der Waals surface area contributed by atoms with E-state index < -0.39 is 0 Å². The lowest BCUT2D eigenvalue weighted by Crippen LogP contribution is -2.26. The van der Waals surface area contributed by atoms with Gasteiger partial charge < -0.3 is 5.32 Å². The van der Waals surface area contributed by atoms with Gasteiger partial charge in [0, 0.05) is 5.69 Å². The van der Waals surface area contributed by atoms with E-state index in [1.54, 1.807) is 12.3 Å². The van der Waals surface area contributed by atoms with Crippen LogP contribution in [0, 0.1) is 11.3 Å². The zero-order valence-corrected chi connectivity index (χ0v) is 12.4. The molecule has 2 aromatic rings. The summed E-state index contributed by atoms with van der Waals surface area (Å²) >= 11 is 1.28. The smallest absolute Gasteiger partial charge is 0.273 e. The molecule has 6 heteroatoms. The second-order valence-electron chi connectivity index (χ2n) is 4.18. The maximum absolute atomic E-state index is 12.1. The van der Waals surface area contributed by atoms with Gasteiger partial charge in [0.05, 0.1) is 6.67 Å². The molecule has 21 heavy (non-hydrogen) atoms. The molecule has 0 aliphatic rings. The van der Waals surface area contributed by atoms with Gasteiger partial charge in [-0.25, -0.2) is 4.98 Å². The Morgan fingerprint density at radius 2 is 2.19 bits per heavy atom. The lowest BCUT2D eigenvalue weighted by molar-refractivity contribution is 0.699. The first kappa shape index (κ1) is 14.9. The van der Waals surface area contributed by atoms with Crippen molar-refractivity contribution in [2.24, 2.45) is 0 Å². The zero-order valence-electron chi connectivity index (χ0n) is 11.5. The van der Waals surface area contributed by atoms with Gasteiger partial charge in [0.1, 0.15) is 23.0 Å². The Kier molecular flexibility index (Phi) is 4.80. The minimum Gasteiger partial charge on any atom is -0.367 e. The van der Waals surface area contributed by atoms with Gasteiger partial charge in [-0.2, -0.15) is 5.26 Å². The largest absolute Gasteiger partial charge is 0.367 e. The van der Waals surface area contributed by atoms with Crippen molar-refractivity contribution in [3.8, 4) is 6.07 Å². The normalized spacial score (nSPS) is 9.90. The van der Waals surface area contributed by atoms with Crippen molar-refractivity contribution in [3.05, 3.63) is 58.7 Å². The molecule has 2 rings (SSSR count). The van der Waals surface area contributed by atoms with Crippen LogP contribution in [0.25, 0.3) is 6.08 Å². The molecular weight excluding hydrogens is 284 g/mol. The van der Waals surface area contributed by atoms with Crippen molar-refractivity contribution >= 4 is 23.5 Å². The van der Waals surface area contributed by atoms with Gasteiger partial charge in [-0.15, -0.1) is 11.8 Å². The summed E-state index contributed by atoms with van der Waals surface area (Å²) in [4.78, 5) is 16.3. The number of rotatable bonds is 5. The average Bonchev–Trinajstić information content (AvgIpc) is 2.53. The topological polar surface area (TPSA) is 70.7 Å². The molecule has 0 atom stereocenters. The number of hydrogen-bond donors (Lipinski definition) is 1. The molecule has 1 aromatic heterocycles. The predicted molar refractivity (Wildman–Crippen MR) is 85.1 cm³/mol. The van der Waals surface area contributed by atoms with Gasteiger partial charge in [-0.3, -0.25) is 9.36 Å². The summed E-state index contributed by atoms with van der Waals surface area (Å²) in [6.45, 7) is 3.95. The molecule has 0 saturated heterocycles. The summed E-state index contributed by atoms with van der Waals surface area (Å²) in [5.41, 5.74) is 1.64.